The molecule has 1 aromatic rings. The predicted molar refractivity (Wildman–Crippen MR) is 75.1 cm³/mol. The number of nitrogens with one attached hydrogen (secondary N) is 1. The number of carbonyl (C=O) groups excluding carboxylic acids is 1. The second-order valence-corrected chi connectivity index (χ2v) is 5.14. The van der Waals surface area contributed by atoms with Crippen LogP contribution in [0.4, 0.5) is 5.69 Å². The average molecular weight is 268 g/mol. The SMILES string of the molecule is COCCN(C(=O)c1n[nH]c(C(C)C)c1N)C(C)C. The summed E-state index contributed by atoms with van der Waals surface area (Å²) in [5.41, 5.74) is 7.55. The minimum atomic E-state index is -0.160. The second kappa shape index (κ2) is 6.56. The molecule has 1 amide bonds. The molecule has 0 spiro atoms. The number of aromatic nitrogens is 2. The Hall–Kier alpha value is -1.56. The Kier molecular flexibility index (Phi) is 5.35. The Labute approximate surface area is 114 Å². The van der Waals surface area contributed by atoms with Crippen molar-refractivity contribution in [3.8, 4) is 0 Å². The van der Waals surface area contributed by atoms with E-state index in [9.17, 15) is 4.79 Å². The van der Waals surface area contributed by atoms with E-state index in [0.29, 0.717) is 24.5 Å². The zero-order valence-electron chi connectivity index (χ0n) is 12.4. The van der Waals surface area contributed by atoms with Crippen LogP contribution >= 0.6 is 0 Å². The van der Waals surface area contributed by atoms with Gasteiger partial charge in [-0.3, -0.25) is 9.89 Å². The molecule has 0 saturated carbocycles. The first-order valence-electron chi connectivity index (χ1n) is 6.53. The average Bonchev–Trinajstić information content (AvgIpc) is 2.71. The fourth-order valence-corrected chi connectivity index (χ4v) is 1.89. The molecule has 1 rings (SSSR count). The summed E-state index contributed by atoms with van der Waals surface area (Å²) in [5.74, 6) is 0.0493. The Morgan fingerprint density at radius 2 is 2.05 bits per heavy atom. The van der Waals surface area contributed by atoms with Gasteiger partial charge in [0.2, 0.25) is 0 Å². The summed E-state index contributed by atoms with van der Waals surface area (Å²) in [6, 6.07) is 0.0706. The first-order valence-corrected chi connectivity index (χ1v) is 6.53. The third kappa shape index (κ3) is 3.47. The van der Waals surface area contributed by atoms with Crippen molar-refractivity contribution in [3.63, 3.8) is 0 Å². The van der Waals surface area contributed by atoms with E-state index in [-0.39, 0.29) is 17.9 Å². The van der Waals surface area contributed by atoms with Gasteiger partial charge in [-0.1, -0.05) is 13.8 Å². The van der Waals surface area contributed by atoms with Gasteiger partial charge in [-0.25, -0.2) is 0 Å². The maximum absolute atomic E-state index is 12.5. The summed E-state index contributed by atoms with van der Waals surface area (Å²) in [4.78, 5) is 14.2. The highest BCUT2D eigenvalue weighted by Crippen LogP contribution is 2.23. The van der Waals surface area contributed by atoms with E-state index in [4.69, 9.17) is 10.5 Å². The zero-order valence-corrected chi connectivity index (χ0v) is 12.4. The maximum atomic E-state index is 12.5. The summed E-state index contributed by atoms with van der Waals surface area (Å²) >= 11 is 0. The molecule has 0 bridgehead atoms. The Morgan fingerprint density at radius 3 is 2.47 bits per heavy atom. The standard InChI is InChI=1S/C13H24N4O2/c1-8(2)11-10(14)12(16-15-11)13(18)17(9(3)4)6-7-19-5/h8-9H,6-7,14H2,1-5H3,(H,15,16). The number of H-pyrrole nitrogens is 1. The van der Waals surface area contributed by atoms with E-state index >= 15 is 0 Å². The number of nitrogen functional groups attached to an aromatic ring is 1. The highest BCUT2D eigenvalue weighted by atomic mass is 16.5. The minimum absolute atomic E-state index is 0.0706. The smallest absolute Gasteiger partial charge is 0.276 e. The van der Waals surface area contributed by atoms with Crippen LogP contribution in [0.25, 0.3) is 0 Å². The zero-order chi connectivity index (χ0) is 14.6. The Morgan fingerprint density at radius 1 is 1.42 bits per heavy atom. The van der Waals surface area contributed by atoms with Crippen LogP contribution in [0.15, 0.2) is 0 Å². The number of carbonyl (C=O) groups is 1. The second-order valence-electron chi connectivity index (χ2n) is 5.14. The Balaban J connectivity index is 2.96. The fourth-order valence-electron chi connectivity index (χ4n) is 1.89. The summed E-state index contributed by atoms with van der Waals surface area (Å²) in [7, 11) is 1.61. The number of nitrogens with two attached hydrogens (primary N) is 1. The van der Waals surface area contributed by atoms with Crippen molar-refractivity contribution in [1.82, 2.24) is 15.1 Å². The lowest BCUT2D eigenvalue weighted by Crippen LogP contribution is -2.39. The lowest BCUT2D eigenvalue weighted by molar-refractivity contribution is 0.0630. The summed E-state index contributed by atoms with van der Waals surface area (Å²) < 4.78 is 5.03. The molecule has 0 saturated heterocycles. The normalized spacial score (nSPS) is 11.3. The van der Waals surface area contributed by atoms with Gasteiger partial charge in [0, 0.05) is 19.7 Å². The maximum Gasteiger partial charge on any atom is 0.276 e. The topological polar surface area (TPSA) is 84.2 Å². The molecule has 0 aliphatic heterocycles. The number of anilines is 1. The van der Waals surface area contributed by atoms with Crippen LogP contribution in [0, 0.1) is 0 Å². The molecule has 108 valence electrons. The van der Waals surface area contributed by atoms with Crippen LogP contribution in [-0.2, 0) is 4.74 Å². The number of nitrogens with zero attached hydrogens (tertiary/aromatic N) is 2. The van der Waals surface area contributed by atoms with Crippen LogP contribution in [0.3, 0.4) is 0 Å². The van der Waals surface area contributed by atoms with E-state index in [0.717, 1.165) is 5.69 Å². The highest BCUT2D eigenvalue weighted by molar-refractivity contribution is 5.97. The number of hydrogen-bond acceptors (Lipinski definition) is 4. The van der Waals surface area contributed by atoms with Gasteiger partial charge >= 0.3 is 0 Å². The summed E-state index contributed by atoms with van der Waals surface area (Å²) in [6.07, 6.45) is 0. The molecule has 0 aromatic carbocycles. The van der Waals surface area contributed by atoms with Gasteiger partial charge in [-0.15, -0.1) is 0 Å². The van der Waals surface area contributed by atoms with Gasteiger partial charge in [0.15, 0.2) is 5.69 Å². The van der Waals surface area contributed by atoms with Crippen LogP contribution in [0.1, 0.15) is 49.8 Å². The van der Waals surface area contributed by atoms with Crippen molar-refractivity contribution < 1.29 is 9.53 Å². The molecule has 0 atom stereocenters. The highest BCUT2D eigenvalue weighted by Gasteiger charge is 2.25. The number of aromatic amines is 1. The van der Waals surface area contributed by atoms with Crippen molar-refractivity contribution >= 4 is 11.6 Å². The van der Waals surface area contributed by atoms with Gasteiger partial charge in [-0.2, -0.15) is 5.10 Å². The lowest BCUT2D eigenvalue weighted by atomic mass is 10.1. The first kappa shape index (κ1) is 15.5. The number of rotatable bonds is 6. The molecule has 1 heterocycles. The molecule has 0 aliphatic carbocycles. The molecule has 1 aromatic heterocycles. The predicted octanol–water partition coefficient (Wildman–Crippen LogP) is 1.61. The van der Waals surface area contributed by atoms with Crippen molar-refractivity contribution in [3.05, 3.63) is 11.4 Å². The van der Waals surface area contributed by atoms with Crippen molar-refractivity contribution in [2.45, 2.75) is 39.7 Å². The van der Waals surface area contributed by atoms with Crippen LogP contribution in [-0.4, -0.2) is 47.3 Å². The molecular formula is C13H24N4O2. The molecule has 6 heteroatoms. The van der Waals surface area contributed by atoms with E-state index in [1.807, 2.05) is 27.7 Å². The third-order valence-electron chi connectivity index (χ3n) is 3.03. The van der Waals surface area contributed by atoms with E-state index in [1.54, 1.807) is 12.0 Å². The summed E-state index contributed by atoms with van der Waals surface area (Å²) in [6.45, 7) is 8.94. The largest absolute Gasteiger partial charge is 0.395 e. The van der Waals surface area contributed by atoms with Gasteiger partial charge in [0.1, 0.15) is 0 Å². The van der Waals surface area contributed by atoms with Gasteiger partial charge in [-0.05, 0) is 19.8 Å². The lowest BCUT2D eigenvalue weighted by Gasteiger charge is -2.25. The first-order chi connectivity index (χ1) is 8.90. The van der Waals surface area contributed by atoms with E-state index in [1.165, 1.54) is 0 Å². The summed E-state index contributed by atoms with van der Waals surface area (Å²) in [5, 5.41) is 6.92. The minimum Gasteiger partial charge on any atom is -0.395 e. The van der Waals surface area contributed by atoms with Crippen molar-refractivity contribution in [2.24, 2.45) is 0 Å². The fraction of sp³-hybridized carbons (Fsp3) is 0.692. The number of hydrogen-bond donors (Lipinski definition) is 2. The van der Waals surface area contributed by atoms with Gasteiger partial charge < -0.3 is 15.4 Å². The molecule has 6 nitrogen and oxygen atoms in total. The number of methoxy groups -OCH3 is 1. The molecular weight excluding hydrogens is 244 g/mol. The molecule has 0 aliphatic rings. The molecule has 19 heavy (non-hydrogen) atoms. The van der Waals surface area contributed by atoms with Gasteiger partial charge in [0.25, 0.3) is 5.91 Å². The monoisotopic (exact) mass is 268 g/mol. The molecule has 3 N–H and O–H groups in total. The molecule has 0 unspecified atom stereocenters. The van der Waals surface area contributed by atoms with Crippen LogP contribution < -0.4 is 5.73 Å². The van der Waals surface area contributed by atoms with E-state index in [2.05, 4.69) is 10.2 Å². The molecule has 0 radical (unpaired) electrons. The van der Waals surface area contributed by atoms with Crippen molar-refractivity contribution in [1.29, 1.82) is 0 Å². The molecule has 0 fully saturated rings. The quantitative estimate of drug-likeness (QED) is 0.821. The van der Waals surface area contributed by atoms with Gasteiger partial charge in [0.05, 0.1) is 18.0 Å². The third-order valence-corrected chi connectivity index (χ3v) is 3.03. The Bertz CT molecular complexity index is 426. The van der Waals surface area contributed by atoms with E-state index < -0.39 is 0 Å². The number of amides is 1. The van der Waals surface area contributed by atoms with Crippen LogP contribution in [0.5, 0.6) is 0 Å². The van der Waals surface area contributed by atoms with Crippen LogP contribution in [0.2, 0.25) is 0 Å². The van der Waals surface area contributed by atoms with Crippen molar-refractivity contribution in [2.75, 3.05) is 26.0 Å². The number of ether oxygens (including phenoxy) is 1.